The number of rotatable bonds is 4. The van der Waals surface area contributed by atoms with Gasteiger partial charge in [0.2, 0.25) is 0 Å². The maximum Gasteiger partial charge on any atom is 0.134 e. The van der Waals surface area contributed by atoms with Crippen molar-refractivity contribution in [2.75, 3.05) is 0 Å². The van der Waals surface area contributed by atoms with E-state index in [0.717, 1.165) is 5.56 Å². The van der Waals surface area contributed by atoms with E-state index in [1.165, 1.54) is 15.4 Å². The number of aryl methyl sites for hydroxylation is 1. The van der Waals surface area contributed by atoms with Gasteiger partial charge in [-0.05, 0) is 43.7 Å². The highest BCUT2D eigenvalue weighted by atomic mass is 32.2. The first kappa shape index (κ1) is 12.9. The molecule has 0 saturated heterocycles. The molecule has 0 bridgehead atoms. The standard InChI is InChI=1S/C16H16OS/c1-12-3-7-15(8-4-12)18-16-9-5-14(6-10-16)11-13(2)17/h3-10H,11H2,1-2H3. The van der Waals surface area contributed by atoms with Gasteiger partial charge in [-0.25, -0.2) is 0 Å². The van der Waals surface area contributed by atoms with Crippen molar-refractivity contribution < 1.29 is 4.79 Å². The van der Waals surface area contributed by atoms with Gasteiger partial charge in [-0.3, -0.25) is 4.79 Å². The van der Waals surface area contributed by atoms with Crippen LogP contribution in [-0.2, 0) is 11.2 Å². The van der Waals surface area contributed by atoms with Crippen LogP contribution >= 0.6 is 11.8 Å². The Labute approximate surface area is 112 Å². The van der Waals surface area contributed by atoms with Crippen molar-refractivity contribution in [3.8, 4) is 0 Å². The molecule has 0 heterocycles. The zero-order valence-corrected chi connectivity index (χ0v) is 11.5. The Morgan fingerprint density at radius 3 is 1.94 bits per heavy atom. The lowest BCUT2D eigenvalue weighted by Crippen LogP contribution is -1.95. The van der Waals surface area contributed by atoms with E-state index in [1.807, 2.05) is 12.1 Å². The minimum Gasteiger partial charge on any atom is -0.300 e. The number of ketones is 1. The van der Waals surface area contributed by atoms with E-state index in [2.05, 4.69) is 43.3 Å². The van der Waals surface area contributed by atoms with Crippen LogP contribution in [0.25, 0.3) is 0 Å². The van der Waals surface area contributed by atoms with Crippen molar-refractivity contribution in [3.05, 3.63) is 59.7 Å². The van der Waals surface area contributed by atoms with Gasteiger partial charge in [-0.15, -0.1) is 0 Å². The van der Waals surface area contributed by atoms with Gasteiger partial charge >= 0.3 is 0 Å². The molecular weight excluding hydrogens is 240 g/mol. The smallest absolute Gasteiger partial charge is 0.134 e. The molecule has 18 heavy (non-hydrogen) atoms. The fourth-order valence-electron chi connectivity index (χ4n) is 1.71. The highest BCUT2D eigenvalue weighted by molar-refractivity contribution is 7.99. The first-order valence-corrected chi connectivity index (χ1v) is 6.78. The van der Waals surface area contributed by atoms with Crippen LogP contribution in [0, 0.1) is 6.92 Å². The van der Waals surface area contributed by atoms with Crippen molar-refractivity contribution in [2.45, 2.75) is 30.1 Å². The summed E-state index contributed by atoms with van der Waals surface area (Å²) < 4.78 is 0. The van der Waals surface area contributed by atoms with Crippen LogP contribution in [0.5, 0.6) is 0 Å². The second-order valence-electron chi connectivity index (χ2n) is 4.44. The molecule has 0 N–H and O–H groups in total. The lowest BCUT2D eigenvalue weighted by Gasteiger charge is -2.03. The molecule has 2 heteroatoms. The first-order valence-electron chi connectivity index (χ1n) is 5.96. The second kappa shape index (κ2) is 5.87. The van der Waals surface area contributed by atoms with E-state index >= 15 is 0 Å². The molecule has 0 radical (unpaired) electrons. The van der Waals surface area contributed by atoms with Crippen LogP contribution in [0.1, 0.15) is 18.1 Å². The van der Waals surface area contributed by atoms with E-state index in [4.69, 9.17) is 0 Å². The number of hydrogen-bond acceptors (Lipinski definition) is 2. The molecule has 0 atom stereocenters. The molecule has 0 saturated carbocycles. The van der Waals surface area contributed by atoms with Crippen molar-refractivity contribution in [1.29, 1.82) is 0 Å². The molecule has 2 rings (SSSR count). The van der Waals surface area contributed by atoms with Crippen LogP contribution in [-0.4, -0.2) is 5.78 Å². The van der Waals surface area contributed by atoms with Crippen LogP contribution in [0.4, 0.5) is 0 Å². The number of Topliss-reactive ketones (excluding diaryl/α,β-unsaturated/α-hetero) is 1. The van der Waals surface area contributed by atoms with Gasteiger partial charge in [0.1, 0.15) is 5.78 Å². The van der Waals surface area contributed by atoms with E-state index in [-0.39, 0.29) is 5.78 Å². The monoisotopic (exact) mass is 256 g/mol. The Morgan fingerprint density at radius 2 is 1.44 bits per heavy atom. The normalized spacial score (nSPS) is 10.3. The van der Waals surface area contributed by atoms with E-state index in [0.29, 0.717) is 6.42 Å². The summed E-state index contributed by atoms with van der Waals surface area (Å²) in [5, 5.41) is 0. The molecule has 0 fully saturated rings. The molecule has 2 aromatic rings. The zero-order valence-electron chi connectivity index (χ0n) is 10.6. The summed E-state index contributed by atoms with van der Waals surface area (Å²) in [5.74, 6) is 0.203. The van der Waals surface area contributed by atoms with Crippen molar-refractivity contribution in [1.82, 2.24) is 0 Å². The largest absolute Gasteiger partial charge is 0.300 e. The maximum absolute atomic E-state index is 11.0. The molecule has 1 nitrogen and oxygen atoms in total. The number of hydrogen-bond donors (Lipinski definition) is 0. The number of benzene rings is 2. The summed E-state index contributed by atoms with van der Waals surface area (Å²) in [4.78, 5) is 13.5. The minimum atomic E-state index is 0.203. The molecule has 0 aliphatic carbocycles. The molecule has 2 aromatic carbocycles. The van der Waals surface area contributed by atoms with Crippen molar-refractivity contribution in [3.63, 3.8) is 0 Å². The van der Waals surface area contributed by atoms with Gasteiger partial charge in [-0.2, -0.15) is 0 Å². The SMILES string of the molecule is CC(=O)Cc1ccc(Sc2ccc(C)cc2)cc1. The summed E-state index contributed by atoms with van der Waals surface area (Å²) in [6, 6.07) is 16.7. The highest BCUT2D eigenvalue weighted by Crippen LogP contribution is 2.27. The summed E-state index contributed by atoms with van der Waals surface area (Å²) in [7, 11) is 0. The molecule has 0 amide bonds. The second-order valence-corrected chi connectivity index (χ2v) is 5.58. The van der Waals surface area contributed by atoms with Crippen molar-refractivity contribution in [2.24, 2.45) is 0 Å². The average Bonchev–Trinajstić information content (AvgIpc) is 2.34. The third-order valence-corrected chi connectivity index (χ3v) is 3.65. The average molecular weight is 256 g/mol. The summed E-state index contributed by atoms with van der Waals surface area (Å²) in [5.41, 5.74) is 2.35. The van der Waals surface area contributed by atoms with Gasteiger partial charge in [0, 0.05) is 16.2 Å². The van der Waals surface area contributed by atoms with Crippen LogP contribution < -0.4 is 0 Å². The Morgan fingerprint density at radius 1 is 0.944 bits per heavy atom. The Kier molecular flexibility index (Phi) is 4.21. The molecule has 0 aliphatic heterocycles. The first-order chi connectivity index (χ1) is 8.63. The predicted octanol–water partition coefficient (Wildman–Crippen LogP) is 4.28. The Balaban J connectivity index is 2.06. The Hall–Kier alpha value is -1.54. The molecular formula is C16H16OS. The van der Waals surface area contributed by atoms with Gasteiger partial charge < -0.3 is 0 Å². The fourth-order valence-corrected chi connectivity index (χ4v) is 2.52. The zero-order chi connectivity index (χ0) is 13.0. The molecule has 92 valence electrons. The van der Waals surface area contributed by atoms with Crippen LogP contribution in [0.3, 0.4) is 0 Å². The predicted molar refractivity (Wildman–Crippen MR) is 76.1 cm³/mol. The van der Waals surface area contributed by atoms with Gasteiger partial charge in [0.15, 0.2) is 0 Å². The third-order valence-electron chi connectivity index (χ3n) is 2.63. The highest BCUT2D eigenvalue weighted by Gasteiger charge is 2.00. The molecule has 0 spiro atoms. The lowest BCUT2D eigenvalue weighted by molar-refractivity contribution is -0.116. The lowest BCUT2D eigenvalue weighted by atomic mass is 10.1. The van der Waals surface area contributed by atoms with Crippen LogP contribution in [0.15, 0.2) is 58.3 Å². The quantitative estimate of drug-likeness (QED) is 0.812. The number of carbonyl (C=O) groups is 1. The van der Waals surface area contributed by atoms with Gasteiger partial charge in [0.05, 0.1) is 0 Å². The molecule has 0 aliphatic rings. The fraction of sp³-hybridized carbons (Fsp3) is 0.188. The summed E-state index contributed by atoms with van der Waals surface area (Å²) in [6.07, 6.45) is 0.523. The maximum atomic E-state index is 11.0. The van der Waals surface area contributed by atoms with E-state index < -0.39 is 0 Å². The number of carbonyl (C=O) groups excluding carboxylic acids is 1. The van der Waals surface area contributed by atoms with Gasteiger partial charge in [0.25, 0.3) is 0 Å². The molecule has 0 aromatic heterocycles. The summed E-state index contributed by atoms with van der Waals surface area (Å²) in [6.45, 7) is 3.71. The Bertz CT molecular complexity index is 526. The van der Waals surface area contributed by atoms with E-state index in [9.17, 15) is 4.79 Å². The summed E-state index contributed by atoms with van der Waals surface area (Å²) >= 11 is 1.74. The minimum absolute atomic E-state index is 0.203. The van der Waals surface area contributed by atoms with Gasteiger partial charge in [-0.1, -0.05) is 41.6 Å². The topological polar surface area (TPSA) is 17.1 Å². The van der Waals surface area contributed by atoms with Crippen LogP contribution in [0.2, 0.25) is 0 Å². The molecule has 0 unspecified atom stereocenters. The van der Waals surface area contributed by atoms with E-state index in [1.54, 1.807) is 18.7 Å². The van der Waals surface area contributed by atoms with Crippen molar-refractivity contribution >= 4 is 17.5 Å². The third kappa shape index (κ3) is 3.74.